The minimum absolute atomic E-state index is 0.207. The van der Waals surface area contributed by atoms with Crippen molar-refractivity contribution in [3.05, 3.63) is 76.6 Å². The van der Waals surface area contributed by atoms with E-state index in [1.165, 1.54) is 12.8 Å². The molecule has 152 valence electrons. The van der Waals surface area contributed by atoms with E-state index in [9.17, 15) is 4.79 Å². The first-order valence-corrected chi connectivity index (χ1v) is 10.7. The van der Waals surface area contributed by atoms with Gasteiger partial charge in [-0.15, -0.1) is 5.10 Å². The van der Waals surface area contributed by atoms with Crippen LogP contribution in [-0.2, 0) is 6.54 Å². The predicted octanol–water partition coefficient (Wildman–Crippen LogP) is 4.14. The summed E-state index contributed by atoms with van der Waals surface area (Å²) >= 11 is 0. The van der Waals surface area contributed by atoms with E-state index < -0.39 is 0 Å². The Morgan fingerprint density at radius 3 is 2.43 bits per heavy atom. The van der Waals surface area contributed by atoms with E-state index >= 15 is 0 Å². The molecular weight excluding hydrogens is 374 g/mol. The maximum atomic E-state index is 12.7. The van der Waals surface area contributed by atoms with Crippen molar-refractivity contribution in [2.24, 2.45) is 0 Å². The van der Waals surface area contributed by atoms with Crippen molar-refractivity contribution in [2.45, 2.75) is 32.2 Å². The minimum atomic E-state index is -0.207. The molecule has 5 rings (SSSR count). The summed E-state index contributed by atoms with van der Waals surface area (Å²) in [5.41, 5.74) is 1.79. The SMILES string of the molecule is O=c1nc2n(CC=Cc3ccccc3)nc(N3CCCCCC3)n2c2ccccc12. The second-order valence-corrected chi connectivity index (χ2v) is 7.77. The normalized spacial score (nSPS) is 15.3. The van der Waals surface area contributed by atoms with Gasteiger partial charge in [-0.2, -0.15) is 4.98 Å². The quantitative estimate of drug-likeness (QED) is 0.518. The molecule has 0 atom stereocenters. The van der Waals surface area contributed by atoms with E-state index in [0.717, 1.165) is 43.0 Å². The Hall–Kier alpha value is -3.41. The molecule has 1 aliphatic rings. The van der Waals surface area contributed by atoms with Gasteiger partial charge in [-0.1, -0.05) is 67.5 Å². The number of allylic oxidation sites excluding steroid dienone is 1. The zero-order valence-corrected chi connectivity index (χ0v) is 16.9. The molecule has 2 aromatic carbocycles. The second-order valence-electron chi connectivity index (χ2n) is 7.77. The van der Waals surface area contributed by atoms with Gasteiger partial charge in [0.15, 0.2) is 0 Å². The molecule has 6 heteroatoms. The first-order valence-electron chi connectivity index (χ1n) is 10.7. The fraction of sp³-hybridized carbons (Fsp3) is 0.292. The molecule has 6 nitrogen and oxygen atoms in total. The van der Waals surface area contributed by atoms with Crippen LogP contribution in [0, 0.1) is 0 Å². The molecule has 1 fully saturated rings. The van der Waals surface area contributed by atoms with Crippen molar-refractivity contribution >= 4 is 28.7 Å². The first kappa shape index (κ1) is 18.6. The average molecular weight is 399 g/mol. The Labute approximate surface area is 175 Å². The number of nitrogens with zero attached hydrogens (tertiary/aromatic N) is 5. The van der Waals surface area contributed by atoms with Crippen LogP contribution in [0.1, 0.15) is 31.2 Å². The van der Waals surface area contributed by atoms with Gasteiger partial charge in [-0.25, -0.2) is 9.08 Å². The van der Waals surface area contributed by atoms with Crippen molar-refractivity contribution in [3.8, 4) is 0 Å². The summed E-state index contributed by atoms with van der Waals surface area (Å²) in [5, 5.41) is 5.56. The van der Waals surface area contributed by atoms with Crippen LogP contribution in [0.3, 0.4) is 0 Å². The lowest BCUT2D eigenvalue weighted by Crippen LogP contribution is -2.26. The van der Waals surface area contributed by atoms with E-state index in [4.69, 9.17) is 5.10 Å². The number of aromatic nitrogens is 4. The van der Waals surface area contributed by atoms with Gasteiger partial charge in [-0.05, 0) is 30.5 Å². The summed E-state index contributed by atoms with van der Waals surface area (Å²) in [7, 11) is 0. The van der Waals surface area contributed by atoms with Crippen LogP contribution in [0.2, 0.25) is 0 Å². The largest absolute Gasteiger partial charge is 0.341 e. The summed E-state index contributed by atoms with van der Waals surface area (Å²) in [5.74, 6) is 1.47. The molecule has 0 unspecified atom stereocenters. The van der Waals surface area contributed by atoms with Crippen LogP contribution in [0.15, 0.2) is 65.5 Å². The van der Waals surface area contributed by atoms with E-state index in [0.29, 0.717) is 17.7 Å². The molecule has 0 radical (unpaired) electrons. The van der Waals surface area contributed by atoms with Gasteiger partial charge in [0.25, 0.3) is 5.56 Å². The van der Waals surface area contributed by atoms with Crippen LogP contribution < -0.4 is 10.5 Å². The van der Waals surface area contributed by atoms with Gasteiger partial charge in [0.2, 0.25) is 11.7 Å². The maximum absolute atomic E-state index is 12.7. The van der Waals surface area contributed by atoms with Gasteiger partial charge in [0.1, 0.15) is 0 Å². The van der Waals surface area contributed by atoms with Gasteiger partial charge >= 0.3 is 0 Å². The van der Waals surface area contributed by atoms with E-state index in [-0.39, 0.29) is 5.56 Å². The summed E-state index contributed by atoms with van der Waals surface area (Å²) in [6.45, 7) is 2.51. The highest BCUT2D eigenvalue weighted by atomic mass is 16.1. The smallest absolute Gasteiger partial charge is 0.282 e. The third-order valence-electron chi connectivity index (χ3n) is 5.70. The molecule has 3 heterocycles. The standard InChI is InChI=1S/C24H25N5O/c30-22-20-14-6-7-15-21(20)29-23(25-22)28(18-10-13-19-11-4-3-5-12-19)26-24(29)27-16-8-1-2-9-17-27/h3-7,10-15H,1-2,8-9,16-18H2. The lowest BCUT2D eigenvalue weighted by atomic mass is 10.2. The third kappa shape index (κ3) is 3.49. The van der Waals surface area contributed by atoms with Crippen LogP contribution >= 0.6 is 0 Å². The van der Waals surface area contributed by atoms with E-state index in [1.54, 1.807) is 0 Å². The van der Waals surface area contributed by atoms with Gasteiger partial charge < -0.3 is 4.90 Å². The van der Waals surface area contributed by atoms with E-state index in [2.05, 4.69) is 38.6 Å². The highest BCUT2D eigenvalue weighted by Crippen LogP contribution is 2.23. The van der Waals surface area contributed by atoms with Crippen molar-refractivity contribution in [1.29, 1.82) is 0 Å². The summed E-state index contributed by atoms with van der Waals surface area (Å²) in [6, 6.07) is 17.9. The number of hydrogen-bond acceptors (Lipinski definition) is 4. The molecule has 0 bridgehead atoms. The number of hydrogen-bond donors (Lipinski definition) is 0. The Morgan fingerprint density at radius 2 is 1.63 bits per heavy atom. The lowest BCUT2D eigenvalue weighted by molar-refractivity contribution is 0.697. The molecule has 1 saturated heterocycles. The molecule has 0 amide bonds. The van der Waals surface area contributed by atoms with Crippen molar-refractivity contribution in [1.82, 2.24) is 19.2 Å². The van der Waals surface area contributed by atoms with Crippen molar-refractivity contribution < 1.29 is 0 Å². The lowest BCUT2D eigenvalue weighted by Gasteiger charge is -2.20. The monoisotopic (exact) mass is 399 g/mol. The number of benzene rings is 2. The topological polar surface area (TPSA) is 55.4 Å². The van der Waals surface area contributed by atoms with Gasteiger partial charge in [0.05, 0.1) is 17.4 Å². The molecule has 2 aromatic heterocycles. The molecule has 0 aliphatic carbocycles. The molecule has 0 saturated carbocycles. The molecule has 4 aromatic rings. The van der Waals surface area contributed by atoms with E-state index in [1.807, 2.05) is 47.1 Å². The minimum Gasteiger partial charge on any atom is -0.341 e. The average Bonchev–Trinajstić information content (AvgIpc) is 2.95. The number of rotatable bonds is 4. The zero-order chi connectivity index (χ0) is 20.3. The zero-order valence-electron chi connectivity index (χ0n) is 16.9. The Balaban J connectivity index is 1.63. The van der Waals surface area contributed by atoms with Crippen LogP contribution in [-0.4, -0.2) is 32.3 Å². The van der Waals surface area contributed by atoms with Crippen molar-refractivity contribution in [3.63, 3.8) is 0 Å². The Morgan fingerprint density at radius 1 is 0.900 bits per heavy atom. The van der Waals surface area contributed by atoms with Gasteiger partial charge in [-0.3, -0.25) is 4.79 Å². The molecule has 30 heavy (non-hydrogen) atoms. The summed E-state index contributed by atoms with van der Waals surface area (Å²) in [6.07, 6.45) is 8.97. The highest BCUT2D eigenvalue weighted by molar-refractivity contribution is 5.81. The fourth-order valence-electron chi connectivity index (χ4n) is 4.18. The predicted molar refractivity (Wildman–Crippen MR) is 121 cm³/mol. The number of para-hydroxylation sites is 1. The van der Waals surface area contributed by atoms with Crippen molar-refractivity contribution in [2.75, 3.05) is 18.0 Å². The number of fused-ring (bicyclic) bond motifs is 3. The van der Waals surface area contributed by atoms with Crippen LogP contribution in [0.25, 0.3) is 22.8 Å². The highest BCUT2D eigenvalue weighted by Gasteiger charge is 2.20. The van der Waals surface area contributed by atoms with Crippen LogP contribution in [0.4, 0.5) is 5.95 Å². The number of anilines is 1. The summed E-state index contributed by atoms with van der Waals surface area (Å²) < 4.78 is 3.89. The third-order valence-corrected chi connectivity index (χ3v) is 5.70. The fourth-order valence-corrected chi connectivity index (χ4v) is 4.18. The first-order chi connectivity index (χ1) is 14.8. The van der Waals surface area contributed by atoms with Gasteiger partial charge in [0, 0.05) is 13.1 Å². The molecule has 1 aliphatic heterocycles. The maximum Gasteiger partial charge on any atom is 0.282 e. The second kappa shape index (κ2) is 8.14. The molecule has 0 N–H and O–H groups in total. The Kier molecular flexibility index (Phi) is 5.05. The Bertz CT molecular complexity index is 1250. The molecular formula is C24H25N5O. The molecule has 0 spiro atoms. The van der Waals surface area contributed by atoms with Crippen LogP contribution in [0.5, 0.6) is 0 Å². The summed E-state index contributed by atoms with van der Waals surface area (Å²) in [4.78, 5) is 19.4.